The van der Waals surface area contributed by atoms with Crippen LogP contribution in [0.25, 0.3) is 0 Å². The van der Waals surface area contributed by atoms with Crippen LogP contribution in [-0.2, 0) is 0 Å². The summed E-state index contributed by atoms with van der Waals surface area (Å²) in [6.45, 7) is 6.45. The molecule has 1 aromatic carbocycles. The first-order valence-electron chi connectivity index (χ1n) is 5.42. The van der Waals surface area contributed by atoms with Gasteiger partial charge in [0.2, 0.25) is 11.5 Å². The molecule has 1 N–H and O–H groups in total. The van der Waals surface area contributed by atoms with E-state index in [1.165, 1.54) is 7.11 Å². The molecule has 0 unspecified atom stereocenters. The molecule has 0 aliphatic rings. The van der Waals surface area contributed by atoms with Crippen molar-refractivity contribution < 1.29 is 19.3 Å². The molecule has 0 amide bonds. The molecular formula is C12H17BrO4. The third-order valence-electron chi connectivity index (χ3n) is 2.29. The largest absolute Gasteiger partial charge is 0.504 e. The first-order chi connectivity index (χ1) is 8.08. The van der Waals surface area contributed by atoms with Gasteiger partial charge in [-0.05, 0) is 36.7 Å². The van der Waals surface area contributed by atoms with E-state index in [1.807, 2.05) is 13.8 Å². The Kier molecular flexibility index (Phi) is 4.93. The molecule has 0 saturated carbocycles. The second-order valence-electron chi connectivity index (χ2n) is 3.35. The van der Waals surface area contributed by atoms with Crippen LogP contribution in [0.4, 0.5) is 0 Å². The fraction of sp³-hybridized carbons (Fsp3) is 0.500. The van der Waals surface area contributed by atoms with Gasteiger partial charge in [-0.3, -0.25) is 0 Å². The SMILES string of the molecule is CCOc1c(O)c(C)c(Br)c(OCC)c1OC. The van der Waals surface area contributed by atoms with Crippen LogP contribution in [0.1, 0.15) is 19.4 Å². The number of hydrogen-bond donors (Lipinski definition) is 1. The Morgan fingerprint density at radius 2 is 1.59 bits per heavy atom. The Balaban J connectivity index is 3.47. The van der Waals surface area contributed by atoms with Crippen molar-refractivity contribution in [2.45, 2.75) is 20.8 Å². The molecule has 5 heteroatoms. The summed E-state index contributed by atoms with van der Waals surface area (Å²) < 4.78 is 16.9. The van der Waals surface area contributed by atoms with Crippen molar-refractivity contribution >= 4 is 15.9 Å². The van der Waals surface area contributed by atoms with Crippen molar-refractivity contribution in [2.75, 3.05) is 20.3 Å². The van der Waals surface area contributed by atoms with Crippen molar-refractivity contribution in [1.82, 2.24) is 0 Å². The lowest BCUT2D eigenvalue weighted by atomic mass is 10.1. The molecule has 0 saturated heterocycles. The van der Waals surface area contributed by atoms with Gasteiger partial charge in [-0.15, -0.1) is 0 Å². The topological polar surface area (TPSA) is 47.9 Å². The zero-order chi connectivity index (χ0) is 13.0. The maximum atomic E-state index is 10.0. The minimum absolute atomic E-state index is 0.0685. The Hall–Kier alpha value is -1.10. The zero-order valence-corrected chi connectivity index (χ0v) is 12.1. The molecule has 0 fully saturated rings. The summed E-state index contributed by atoms with van der Waals surface area (Å²) in [4.78, 5) is 0. The monoisotopic (exact) mass is 304 g/mol. The average molecular weight is 305 g/mol. The van der Waals surface area contributed by atoms with Gasteiger partial charge in [-0.25, -0.2) is 0 Å². The normalized spacial score (nSPS) is 10.2. The van der Waals surface area contributed by atoms with Crippen molar-refractivity contribution in [3.8, 4) is 23.0 Å². The standard InChI is InChI=1S/C12H17BrO4/c1-5-16-10-8(13)7(3)9(14)11(17-6-2)12(10)15-4/h14H,5-6H2,1-4H3. The van der Waals surface area contributed by atoms with Gasteiger partial charge in [-0.2, -0.15) is 0 Å². The molecule has 17 heavy (non-hydrogen) atoms. The lowest BCUT2D eigenvalue weighted by molar-refractivity contribution is 0.269. The van der Waals surface area contributed by atoms with Crippen LogP contribution in [0.15, 0.2) is 4.47 Å². The Morgan fingerprint density at radius 3 is 2.06 bits per heavy atom. The highest BCUT2D eigenvalue weighted by Gasteiger charge is 2.23. The molecule has 0 aliphatic carbocycles. The molecule has 1 rings (SSSR count). The molecule has 0 aliphatic heterocycles. The number of benzene rings is 1. The predicted octanol–water partition coefficient (Wildman–Crippen LogP) is 3.27. The average Bonchev–Trinajstić information content (AvgIpc) is 2.33. The quantitative estimate of drug-likeness (QED) is 0.907. The molecule has 4 nitrogen and oxygen atoms in total. The molecule has 0 heterocycles. The van der Waals surface area contributed by atoms with Gasteiger partial charge in [0.05, 0.1) is 24.8 Å². The van der Waals surface area contributed by atoms with Crippen molar-refractivity contribution in [3.05, 3.63) is 10.0 Å². The smallest absolute Gasteiger partial charge is 0.208 e. The highest BCUT2D eigenvalue weighted by atomic mass is 79.9. The highest BCUT2D eigenvalue weighted by molar-refractivity contribution is 9.10. The summed E-state index contributed by atoms with van der Waals surface area (Å²) in [6.07, 6.45) is 0. The molecular weight excluding hydrogens is 288 g/mol. The van der Waals surface area contributed by atoms with Gasteiger partial charge in [0, 0.05) is 5.56 Å². The number of ether oxygens (including phenoxy) is 3. The van der Waals surface area contributed by atoms with Crippen LogP contribution in [0.5, 0.6) is 23.0 Å². The van der Waals surface area contributed by atoms with Gasteiger partial charge in [-0.1, -0.05) is 0 Å². The van der Waals surface area contributed by atoms with E-state index in [9.17, 15) is 5.11 Å². The summed E-state index contributed by atoms with van der Waals surface area (Å²) in [6, 6.07) is 0. The predicted molar refractivity (Wildman–Crippen MR) is 69.4 cm³/mol. The number of phenolic OH excluding ortho intramolecular Hbond substituents is 1. The zero-order valence-electron chi connectivity index (χ0n) is 10.5. The molecule has 0 bridgehead atoms. The minimum atomic E-state index is 0.0685. The number of aromatic hydroxyl groups is 1. The lowest BCUT2D eigenvalue weighted by Gasteiger charge is -2.18. The van der Waals surface area contributed by atoms with E-state index < -0.39 is 0 Å². The molecule has 0 aromatic heterocycles. The summed E-state index contributed by atoms with van der Waals surface area (Å²) >= 11 is 3.39. The Bertz CT molecular complexity index is 371. The minimum Gasteiger partial charge on any atom is -0.504 e. The van der Waals surface area contributed by atoms with E-state index in [2.05, 4.69) is 15.9 Å². The van der Waals surface area contributed by atoms with Crippen LogP contribution in [0, 0.1) is 6.92 Å². The highest BCUT2D eigenvalue weighted by Crippen LogP contribution is 2.51. The van der Waals surface area contributed by atoms with E-state index in [1.54, 1.807) is 6.92 Å². The second kappa shape index (κ2) is 6.00. The Labute approximate surface area is 110 Å². The van der Waals surface area contributed by atoms with Gasteiger partial charge in [0.1, 0.15) is 0 Å². The number of methoxy groups -OCH3 is 1. The number of phenols is 1. The van der Waals surface area contributed by atoms with E-state index in [0.29, 0.717) is 40.5 Å². The molecule has 96 valence electrons. The summed E-state index contributed by atoms with van der Waals surface area (Å²) in [5.74, 6) is 1.34. The molecule has 0 atom stereocenters. The van der Waals surface area contributed by atoms with Crippen molar-refractivity contribution in [3.63, 3.8) is 0 Å². The Morgan fingerprint density at radius 1 is 1.06 bits per heavy atom. The third-order valence-corrected chi connectivity index (χ3v) is 3.25. The van der Waals surface area contributed by atoms with E-state index in [0.717, 1.165) is 0 Å². The lowest BCUT2D eigenvalue weighted by Crippen LogP contribution is -2.02. The van der Waals surface area contributed by atoms with Crippen LogP contribution >= 0.6 is 15.9 Å². The summed E-state index contributed by atoms with van der Waals surface area (Å²) in [5, 5.41) is 10.0. The van der Waals surface area contributed by atoms with Gasteiger partial charge < -0.3 is 19.3 Å². The summed E-state index contributed by atoms with van der Waals surface area (Å²) in [7, 11) is 1.52. The summed E-state index contributed by atoms with van der Waals surface area (Å²) in [5.41, 5.74) is 0.665. The van der Waals surface area contributed by atoms with Crippen LogP contribution in [0.3, 0.4) is 0 Å². The van der Waals surface area contributed by atoms with Crippen LogP contribution in [-0.4, -0.2) is 25.4 Å². The maximum absolute atomic E-state index is 10.0. The fourth-order valence-electron chi connectivity index (χ4n) is 1.49. The van der Waals surface area contributed by atoms with Crippen LogP contribution in [0.2, 0.25) is 0 Å². The van der Waals surface area contributed by atoms with Crippen molar-refractivity contribution in [1.29, 1.82) is 0 Å². The molecule has 0 spiro atoms. The first-order valence-corrected chi connectivity index (χ1v) is 6.22. The fourth-order valence-corrected chi connectivity index (χ4v) is 1.97. The van der Waals surface area contributed by atoms with Crippen LogP contribution < -0.4 is 14.2 Å². The van der Waals surface area contributed by atoms with E-state index in [-0.39, 0.29) is 5.75 Å². The van der Waals surface area contributed by atoms with Crippen molar-refractivity contribution in [2.24, 2.45) is 0 Å². The number of hydrogen-bond acceptors (Lipinski definition) is 4. The maximum Gasteiger partial charge on any atom is 0.208 e. The van der Waals surface area contributed by atoms with Gasteiger partial charge in [0.15, 0.2) is 11.5 Å². The van der Waals surface area contributed by atoms with Gasteiger partial charge in [0.25, 0.3) is 0 Å². The molecule has 1 aromatic rings. The number of halogens is 1. The van der Waals surface area contributed by atoms with E-state index >= 15 is 0 Å². The van der Waals surface area contributed by atoms with E-state index in [4.69, 9.17) is 14.2 Å². The van der Waals surface area contributed by atoms with Gasteiger partial charge >= 0.3 is 0 Å². The number of rotatable bonds is 5. The first kappa shape index (κ1) is 14.0. The third kappa shape index (κ3) is 2.60. The molecule has 0 radical (unpaired) electrons. The second-order valence-corrected chi connectivity index (χ2v) is 4.14.